The van der Waals surface area contributed by atoms with Gasteiger partial charge in [0.05, 0.1) is 23.0 Å². The number of rotatable bonds is 6. The first-order chi connectivity index (χ1) is 16.8. The lowest BCUT2D eigenvalue weighted by atomic mass is 10.0. The molecule has 0 aliphatic carbocycles. The Morgan fingerprint density at radius 2 is 1.41 bits per heavy atom. The number of hydrogen-bond acceptors (Lipinski definition) is 4. The van der Waals surface area contributed by atoms with Gasteiger partial charge in [-0.05, 0) is 54.1 Å². The maximum absolute atomic E-state index is 13.0. The fourth-order valence-electron chi connectivity index (χ4n) is 3.59. The van der Waals surface area contributed by atoms with Crippen LogP contribution in [-0.2, 0) is 0 Å². The highest BCUT2D eigenvalue weighted by molar-refractivity contribution is 6.07. The predicted molar refractivity (Wildman–Crippen MR) is 135 cm³/mol. The molecule has 0 atom stereocenters. The monoisotopic (exact) mass is 443 g/mol. The molecular formula is C29H21N3O2. The lowest BCUT2D eigenvalue weighted by Gasteiger charge is -2.09. The Morgan fingerprint density at radius 1 is 0.765 bits per heavy atom. The third-order valence-electron chi connectivity index (χ3n) is 5.27. The molecule has 1 N–H and O–H groups in total. The Kier molecular flexibility index (Phi) is 6.08. The number of aromatic nitrogens is 1. The quantitative estimate of drug-likeness (QED) is 0.242. The molecule has 164 valence electrons. The SMILES string of the molecule is O=C(NN=Cc1ccc(Oc2ccccc2)cc1)c1cc(-c2ccccc2)nc2ccccc12. The maximum Gasteiger partial charge on any atom is 0.272 e. The van der Waals surface area contributed by atoms with Crippen LogP contribution in [0, 0.1) is 0 Å². The molecule has 0 saturated heterocycles. The minimum Gasteiger partial charge on any atom is -0.457 e. The summed E-state index contributed by atoms with van der Waals surface area (Å²) >= 11 is 0. The molecule has 5 heteroatoms. The van der Waals surface area contributed by atoms with Crippen LogP contribution in [0.3, 0.4) is 0 Å². The molecule has 5 aromatic rings. The van der Waals surface area contributed by atoms with Gasteiger partial charge in [0.25, 0.3) is 5.91 Å². The number of para-hydroxylation sites is 2. The molecule has 0 aliphatic heterocycles. The van der Waals surface area contributed by atoms with E-state index in [1.54, 1.807) is 12.3 Å². The summed E-state index contributed by atoms with van der Waals surface area (Å²) in [5, 5.41) is 4.93. The van der Waals surface area contributed by atoms with Crippen LogP contribution in [0.25, 0.3) is 22.2 Å². The number of nitrogens with one attached hydrogen (secondary N) is 1. The van der Waals surface area contributed by atoms with Crippen LogP contribution < -0.4 is 10.2 Å². The van der Waals surface area contributed by atoms with Crippen LogP contribution in [-0.4, -0.2) is 17.1 Å². The van der Waals surface area contributed by atoms with E-state index >= 15 is 0 Å². The highest BCUT2D eigenvalue weighted by Crippen LogP contribution is 2.25. The molecule has 34 heavy (non-hydrogen) atoms. The first kappa shape index (κ1) is 21.1. The molecule has 5 rings (SSSR count). The van der Waals surface area contributed by atoms with E-state index in [4.69, 9.17) is 9.72 Å². The molecule has 5 nitrogen and oxygen atoms in total. The van der Waals surface area contributed by atoms with Gasteiger partial charge in [-0.1, -0.05) is 66.7 Å². The van der Waals surface area contributed by atoms with E-state index in [2.05, 4.69) is 10.5 Å². The molecule has 1 heterocycles. The van der Waals surface area contributed by atoms with E-state index < -0.39 is 0 Å². The Labute approximate surface area is 197 Å². The largest absolute Gasteiger partial charge is 0.457 e. The van der Waals surface area contributed by atoms with Gasteiger partial charge in [0.2, 0.25) is 0 Å². The van der Waals surface area contributed by atoms with Crippen molar-refractivity contribution < 1.29 is 9.53 Å². The molecule has 0 radical (unpaired) electrons. The predicted octanol–water partition coefficient (Wildman–Crippen LogP) is 6.46. The van der Waals surface area contributed by atoms with Gasteiger partial charge < -0.3 is 4.74 Å². The lowest BCUT2D eigenvalue weighted by Crippen LogP contribution is -2.18. The maximum atomic E-state index is 13.0. The first-order valence-electron chi connectivity index (χ1n) is 10.9. The van der Waals surface area contributed by atoms with E-state index in [9.17, 15) is 4.79 Å². The highest BCUT2D eigenvalue weighted by Gasteiger charge is 2.13. The summed E-state index contributed by atoms with van der Waals surface area (Å²) in [5.41, 5.74) is 6.45. The van der Waals surface area contributed by atoms with Crippen LogP contribution in [0.1, 0.15) is 15.9 Å². The molecule has 0 bridgehead atoms. The van der Waals surface area contributed by atoms with Crippen molar-refractivity contribution in [1.29, 1.82) is 0 Å². The zero-order valence-electron chi connectivity index (χ0n) is 18.3. The molecule has 0 spiro atoms. The van der Waals surface area contributed by atoms with Crippen molar-refractivity contribution in [2.75, 3.05) is 0 Å². The number of nitrogens with zero attached hydrogens (tertiary/aromatic N) is 2. The van der Waals surface area contributed by atoms with Crippen molar-refractivity contribution in [3.8, 4) is 22.8 Å². The minimum atomic E-state index is -0.295. The van der Waals surface area contributed by atoms with Crippen LogP contribution in [0.15, 0.2) is 120 Å². The number of benzene rings is 4. The number of ether oxygens (including phenoxy) is 1. The van der Waals surface area contributed by atoms with Crippen molar-refractivity contribution in [3.05, 3.63) is 126 Å². The third kappa shape index (κ3) is 4.84. The van der Waals surface area contributed by atoms with Gasteiger partial charge in [0, 0.05) is 10.9 Å². The van der Waals surface area contributed by atoms with Crippen LogP contribution >= 0.6 is 0 Å². The summed E-state index contributed by atoms with van der Waals surface area (Å²) < 4.78 is 5.80. The van der Waals surface area contributed by atoms with Gasteiger partial charge in [-0.25, -0.2) is 10.4 Å². The molecule has 1 aromatic heterocycles. The van der Waals surface area contributed by atoms with Crippen LogP contribution in [0.4, 0.5) is 0 Å². The van der Waals surface area contributed by atoms with Crippen molar-refractivity contribution in [1.82, 2.24) is 10.4 Å². The Bertz CT molecular complexity index is 1450. The van der Waals surface area contributed by atoms with Crippen molar-refractivity contribution in [3.63, 3.8) is 0 Å². The Morgan fingerprint density at radius 3 is 2.18 bits per heavy atom. The van der Waals surface area contributed by atoms with E-state index in [0.29, 0.717) is 5.56 Å². The molecule has 0 saturated carbocycles. The fraction of sp³-hybridized carbons (Fsp3) is 0. The average molecular weight is 444 g/mol. The number of hydrazone groups is 1. The van der Waals surface area contributed by atoms with Crippen LogP contribution in [0.2, 0.25) is 0 Å². The summed E-state index contributed by atoms with van der Waals surface area (Å²) in [4.78, 5) is 17.7. The summed E-state index contributed by atoms with van der Waals surface area (Å²) in [6.45, 7) is 0. The van der Waals surface area contributed by atoms with Crippen LogP contribution in [0.5, 0.6) is 11.5 Å². The molecule has 0 aliphatic rings. The first-order valence-corrected chi connectivity index (χ1v) is 10.9. The number of amides is 1. The second kappa shape index (κ2) is 9.79. The molecule has 0 fully saturated rings. The van der Waals surface area contributed by atoms with E-state index in [0.717, 1.165) is 39.2 Å². The van der Waals surface area contributed by atoms with Gasteiger partial charge in [-0.3, -0.25) is 4.79 Å². The molecule has 4 aromatic carbocycles. The van der Waals surface area contributed by atoms with E-state index in [1.165, 1.54) is 0 Å². The van der Waals surface area contributed by atoms with E-state index in [-0.39, 0.29) is 5.91 Å². The average Bonchev–Trinajstić information content (AvgIpc) is 2.90. The summed E-state index contributed by atoms with van der Waals surface area (Å²) in [6, 6.07) is 36.3. The van der Waals surface area contributed by atoms with Gasteiger partial charge >= 0.3 is 0 Å². The Balaban J connectivity index is 1.33. The van der Waals surface area contributed by atoms with Crippen molar-refractivity contribution in [2.24, 2.45) is 5.10 Å². The number of pyridine rings is 1. The van der Waals surface area contributed by atoms with Crippen molar-refractivity contribution >= 4 is 23.0 Å². The third-order valence-corrected chi connectivity index (χ3v) is 5.27. The smallest absolute Gasteiger partial charge is 0.272 e. The normalized spacial score (nSPS) is 10.9. The fourth-order valence-corrected chi connectivity index (χ4v) is 3.59. The van der Waals surface area contributed by atoms with E-state index in [1.807, 2.05) is 109 Å². The lowest BCUT2D eigenvalue weighted by molar-refractivity contribution is 0.0956. The molecular weight excluding hydrogens is 422 g/mol. The minimum absolute atomic E-state index is 0.295. The second-order valence-corrected chi connectivity index (χ2v) is 7.62. The number of carbonyl (C=O) groups is 1. The topological polar surface area (TPSA) is 63.6 Å². The summed E-state index contributed by atoms with van der Waals surface area (Å²) in [5.74, 6) is 1.20. The summed E-state index contributed by atoms with van der Waals surface area (Å²) in [6.07, 6.45) is 1.60. The molecule has 0 unspecified atom stereocenters. The van der Waals surface area contributed by atoms with Crippen molar-refractivity contribution in [2.45, 2.75) is 0 Å². The number of hydrogen-bond donors (Lipinski definition) is 1. The molecule has 1 amide bonds. The van der Waals surface area contributed by atoms with Gasteiger partial charge in [0.15, 0.2) is 0 Å². The van der Waals surface area contributed by atoms with Gasteiger partial charge in [-0.15, -0.1) is 0 Å². The highest BCUT2D eigenvalue weighted by atomic mass is 16.5. The zero-order valence-corrected chi connectivity index (χ0v) is 18.3. The Hall–Kier alpha value is -4.77. The zero-order chi connectivity index (χ0) is 23.2. The second-order valence-electron chi connectivity index (χ2n) is 7.62. The summed E-state index contributed by atoms with van der Waals surface area (Å²) in [7, 11) is 0. The number of fused-ring (bicyclic) bond motifs is 1. The number of carbonyl (C=O) groups excluding carboxylic acids is 1. The standard InChI is InChI=1S/C29H21N3O2/c33-29(32-30-20-21-15-17-24(18-16-21)34-23-11-5-2-6-12-23)26-19-28(22-9-3-1-4-10-22)31-27-14-8-7-13-25(26)27/h1-20H,(H,32,33). The van der Waals surface area contributed by atoms with Gasteiger partial charge in [-0.2, -0.15) is 5.10 Å². The van der Waals surface area contributed by atoms with Gasteiger partial charge in [0.1, 0.15) is 11.5 Å².